The second-order valence-electron chi connectivity index (χ2n) is 7.44. The molecule has 0 bridgehead atoms. The highest BCUT2D eigenvalue weighted by molar-refractivity contribution is 5.91. The number of nitrogens with one attached hydrogen (secondary N) is 1. The molecule has 0 aliphatic carbocycles. The van der Waals surface area contributed by atoms with E-state index in [0.29, 0.717) is 25.5 Å². The molecule has 1 aliphatic heterocycles. The number of aryl methyl sites for hydroxylation is 3. The monoisotopic (exact) mass is 393 g/mol. The van der Waals surface area contributed by atoms with Gasteiger partial charge < -0.3 is 15.1 Å². The summed E-state index contributed by atoms with van der Waals surface area (Å²) in [5, 5.41) is 8.61. The molecule has 0 spiro atoms. The van der Waals surface area contributed by atoms with Crippen molar-refractivity contribution in [2.45, 2.75) is 27.7 Å². The third kappa shape index (κ3) is 3.62. The molecule has 1 aliphatic rings. The molecule has 0 atom stereocenters. The first-order chi connectivity index (χ1) is 14.0. The van der Waals surface area contributed by atoms with Crippen LogP contribution >= 0.6 is 0 Å². The first-order valence-electron chi connectivity index (χ1n) is 10.1. The van der Waals surface area contributed by atoms with E-state index in [9.17, 15) is 4.79 Å². The molecule has 1 saturated heterocycles. The van der Waals surface area contributed by atoms with E-state index in [1.54, 1.807) is 0 Å². The predicted molar refractivity (Wildman–Crippen MR) is 114 cm³/mol. The summed E-state index contributed by atoms with van der Waals surface area (Å²) in [6.07, 6.45) is 0. The van der Waals surface area contributed by atoms with Crippen LogP contribution in [0.1, 0.15) is 24.0 Å². The maximum absolute atomic E-state index is 12.1. The molecule has 0 radical (unpaired) electrons. The molecule has 8 heteroatoms. The molecular formula is C21H27N7O. The standard InChI is InChI=1S/C21H27N7O/c1-5-22-21(29)27-12-10-26(11-13-27)19-18-15(3)25-28(20(18)24-16(4)23-19)17-8-6-14(2)7-9-17/h6-9H,5,10-13H2,1-4H3,(H,22,29). The molecule has 0 unspecified atom stereocenters. The first kappa shape index (κ1) is 19.2. The van der Waals surface area contributed by atoms with Gasteiger partial charge >= 0.3 is 6.03 Å². The summed E-state index contributed by atoms with van der Waals surface area (Å²) in [6.45, 7) is 11.4. The molecule has 152 valence electrons. The molecule has 0 saturated carbocycles. The van der Waals surface area contributed by atoms with Crippen LogP contribution in [-0.2, 0) is 0 Å². The van der Waals surface area contributed by atoms with Gasteiger partial charge in [0.05, 0.1) is 16.8 Å². The number of nitrogens with zero attached hydrogens (tertiary/aromatic N) is 6. The van der Waals surface area contributed by atoms with Crippen molar-refractivity contribution in [3.8, 4) is 5.69 Å². The van der Waals surface area contributed by atoms with Gasteiger partial charge in [0.25, 0.3) is 0 Å². The number of carbonyl (C=O) groups is 1. The zero-order chi connectivity index (χ0) is 20.5. The second kappa shape index (κ2) is 7.69. The number of fused-ring (bicyclic) bond motifs is 1. The van der Waals surface area contributed by atoms with Crippen molar-refractivity contribution in [2.24, 2.45) is 0 Å². The van der Waals surface area contributed by atoms with E-state index in [2.05, 4.69) is 41.4 Å². The normalized spacial score (nSPS) is 14.5. The Hall–Kier alpha value is -3.16. The van der Waals surface area contributed by atoms with E-state index in [1.807, 2.05) is 30.4 Å². The Balaban J connectivity index is 1.69. The molecule has 1 N–H and O–H groups in total. The van der Waals surface area contributed by atoms with Crippen LogP contribution < -0.4 is 10.2 Å². The average molecular weight is 393 g/mol. The van der Waals surface area contributed by atoms with Crippen LogP contribution in [0.5, 0.6) is 0 Å². The van der Waals surface area contributed by atoms with Gasteiger partial charge in [0.2, 0.25) is 0 Å². The van der Waals surface area contributed by atoms with Gasteiger partial charge in [-0.05, 0) is 39.8 Å². The van der Waals surface area contributed by atoms with Crippen molar-refractivity contribution in [1.29, 1.82) is 0 Å². The molecule has 1 aromatic carbocycles. The predicted octanol–water partition coefficient (Wildman–Crippen LogP) is 2.59. The van der Waals surface area contributed by atoms with Crippen molar-refractivity contribution in [3.63, 3.8) is 0 Å². The van der Waals surface area contributed by atoms with Crippen LogP contribution in [0.4, 0.5) is 10.6 Å². The highest BCUT2D eigenvalue weighted by atomic mass is 16.2. The molecule has 4 rings (SSSR count). The summed E-state index contributed by atoms with van der Waals surface area (Å²) >= 11 is 0. The summed E-state index contributed by atoms with van der Waals surface area (Å²) in [5.74, 6) is 1.62. The first-order valence-corrected chi connectivity index (χ1v) is 10.1. The minimum Gasteiger partial charge on any atom is -0.352 e. The lowest BCUT2D eigenvalue weighted by Gasteiger charge is -2.35. The Labute approximate surface area is 170 Å². The molecule has 3 heterocycles. The molecule has 2 amide bonds. The quantitative estimate of drug-likeness (QED) is 0.740. The minimum atomic E-state index is -0.000429. The number of rotatable bonds is 3. The minimum absolute atomic E-state index is 0.000429. The van der Waals surface area contributed by atoms with Crippen molar-refractivity contribution < 1.29 is 4.79 Å². The summed E-state index contributed by atoms with van der Waals surface area (Å²) in [5.41, 5.74) is 3.92. The third-order valence-electron chi connectivity index (χ3n) is 5.27. The lowest BCUT2D eigenvalue weighted by molar-refractivity contribution is 0.195. The topological polar surface area (TPSA) is 79.2 Å². The molecule has 2 aromatic heterocycles. The number of carbonyl (C=O) groups excluding carboxylic acids is 1. The summed E-state index contributed by atoms with van der Waals surface area (Å²) in [7, 11) is 0. The fraction of sp³-hybridized carbons (Fsp3) is 0.429. The lowest BCUT2D eigenvalue weighted by atomic mass is 10.2. The fourth-order valence-corrected chi connectivity index (χ4v) is 3.75. The van der Waals surface area contributed by atoms with Crippen molar-refractivity contribution in [3.05, 3.63) is 41.3 Å². The van der Waals surface area contributed by atoms with Gasteiger partial charge in [-0.2, -0.15) is 5.10 Å². The van der Waals surface area contributed by atoms with Crippen LogP contribution in [-0.4, -0.2) is 63.4 Å². The van der Waals surface area contributed by atoms with Crippen LogP contribution in [0.15, 0.2) is 24.3 Å². The van der Waals surface area contributed by atoms with E-state index >= 15 is 0 Å². The Morgan fingerprint density at radius 1 is 1.03 bits per heavy atom. The zero-order valence-electron chi connectivity index (χ0n) is 17.4. The number of piperazine rings is 1. The fourth-order valence-electron chi connectivity index (χ4n) is 3.75. The number of amides is 2. The maximum atomic E-state index is 12.1. The molecule has 3 aromatic rings. The van der Waals surface area contributed by atoms with Gasteiger partial charge in [-0.1, -0.05) is 17.7 Å². The number of urea groups is 1. The zero-order valence-corrected chi connectivity index (χ0v) is 17.4. The van der Waals surface area contributed by atoms with Crippen LogP contribution in [0, 0.1) is 20.8 Å². The summed E-state index contributed by atoms with van der Waals surface area (Å²) in [6, 6.07) is 8.27. The number of anilines is 1. The van der Waals surface area contributed by atoms with Gasteiger partial charge in [0.15, 0.2) is 5.65 Å². The largest absolute Gasteiger partial charge is 0.352 e. The Bertz CT molecular complexity index is 1030. The third-order valence-corrected chi connectivity index (χ3v) is 5.27. The summed E-state index contributed by atoms with van der Waals surface area (Å²) < 4.78 is 1.90. The molecule has 8 nitrogen and oxygen atoms in total. The second-order valence-corrected chi connectivity index (χ2v) is 7.44. The van der Waals surface area contributed by atoms with E-state index in [1.165, 1.54) is 5.56 Å². The molecule has 29 heavy (non-hydrogen) atoms. The van der Waals surface area contributed by atoms with Gasteiger partial charge in [-0.15, -0.1) is 0 Å². The van der Waals surface area contributed by atoms with E-state index < -0.39 is 0 Å². The smallest absolute Gasteiger partial charge is 0.317 e. The van der Waals surface area contributed by atoms with E-state index in [-0.39, 0.29) is 6.03 Å². The summed E-state index contributed by atoms with van der Waals surface area (Å²) in [4.78, 5) is 25.7. The van der Waals surface area contributed by atoms with Gasteiger partial charge in [-0.25, -0.2) is 19.4 Å². The Morgan fingerprint density at radius 3 is 2.38 bits per heavy atom. The maximum Gasteiger partial charge on any atom is 0.317 e. The van der Waals surface area contributed by atoms with Crippen LogP contribution in [0.2, 0.25) is 0 Å². The number of hydrogen-bond acceptors (Lipinski definition) is 5. The lowest BCUT2D eigenvalue weighted by Crippen LogP contribution is -2.52. The number of hydrogen-bond donors (Lipinski definition) is 1. The van der Waals surface area contributed by atoms with Crippen molar-refractivity contribution in [2.75, 3.05) is 37.6 Å². The molecular weight excluding hydrogens is 366 g/mol. The highest BCUT2D eigenvalue weighted by Crippen LogP contribution is 2.29. The van der Waals surface area contributed by atoms with Gasteiger partial charge in [0.1, 0.15) is 11.6 Å². The van der Waals surface area contributed by atoms with Crippen molar-refractivity contribution >= 4 is 22.9 Å². The van der Waals surface area contributed by atoms with E-state index in [0.717, 1.165) is 41.3 Å². The molecule has 1 fully saturated rings. The average Bonchev–Trinajstić information content (AvgIpc) is 3.04. The van der Waals surface area contributed by atoms with Gasteiger partial charge in [0, 0.05) is 32.7 Å². The van der Waals surface area contributed by atoms with Crippen molar-refractivity contribution in [1.82, 2.24) is 30.0 Å². The van der Waals surface area contributed by atoms with Crippen LogP contribution in [0.25, 0.3) is 16.7 Å². The number of aromatic nitrogens is 4. The van der Waals surface area contributed by atoms with E-state index in [4.69, 9.17) is 15.1 Å². The SMILES string of the molecule is CCNC(=O)N1CCN(c2nc(C)nc3c2c(C)nn3-c2ccc(C)cc2)CC1. The number of benzene rings is 1. The van der Waals surface area contributed by atoms with Crippen LogP contribution in [0.3, 0.4) is 0 Å². The highest BCUT2D eigenvalue weighted by Gasteiger charge is 2.25. The van der Waals surface area contributed by atoms with Gasteiger partial charge in [-0.3, -0.25) is 0 Å². The Morgan fingerprint density at radius 2 is 1.72 bits per heavy atom. The Kier molecular flexibility index (Phi) is 5.08.